The molecular weight excluding hydrogens is 252 g/mol. The molecule has 4 nitrogen and oxygen atoms in total. The smallest absolute Gasteiger partial charge is 0.227 e. The fourth-order valence-electron chi connectivity index (χ4n) is 2.83. The Hall–Kier alpha value is -1.55. The van der Waals surface area contributed by atoms with E-state index in [0.29, 0.717) is 6.54 Å². The first-order valence-corrected chi connectivity index (χ1v) is 7.25. The summed E-state index contributed by atoms with van der Waals surface area (Å²) >= 11 is 0. The third-order valence-electron chi connectivity index (χ3n) is 4.09. The molecule has 1 aromatic carbocycles. The van der Waals surface area contributed by atoms with E-state index in [-0.39, 0.29) is 17.9 Å². The van der Waals surface area contributed by atoms with Crippen molar-refractivity contribution in [3.8, 4) is 5.75 Å². The molecule has 1 amide bonds. The molecule has 1 aliphatic carbocycles. The van der Waals surface area contributed by atoms with E-state index < -0.39 is 0 Å². The van der Waals surface area contributed by atoms with E-state index in [1.807, 2.05) is 31.3 Å². The van der Waals surface area contributed by atoms with Crippen LogP contribution in [0.1, 0.15) is 31.2 Å². The SMILES string of the molecule is COc1ccc(CN(C)C(=O)C2CCCCC2N)cc1. The van der Waals surface area contributed by atoms with Gasteiger partial charge in [0.2, 0.25) is 5.91 Å². The van der Waals surface area contributed by atoms with E-state index in [9.17, 15) is 4.79 Å². The van der Waals surface area contributed by atoms with Gasteiger partial charge in [-0.05, 0) is 30.5 Å². The Bertz CT molecular complexity index is 444. The lowest BCUT2D eigenvalue weighted by Gasteiger charge is -2.31. The molecule has 2 N–H and O–H groups in total. The molecule has 1 saturated carbocycles. The summed E-state index contributed by atoms with van der Waals surface area (Å²) in [5, 5.41) is 0. The van der Waals surface area contributed by atoms with Crippen molar-refractivity contribution in [3.05, 3.63) is 29.8 Å². The number of amides is 1. The number of nitrogens with zero attached hydrogens (tertiary/aromatic N) is 1. The lowest BCUT2D eigenvalue weighted by Crippen LogP contribution is -2.44. The molecule has 20 heavy (non-hydrogen) atoms. The Morgan fingerprint density at radius 3 is 2.55 bits per heavy atom. The minimum atomic E-state index is -0.00741. The number of hydrogen-bond acceptors (Lipinski definition) is 3. The lowest BCUT2D eigenvalue weighted by atomic mass is 9.84. The molecule has 2 unspecified atom stereocenters. The Morgan fingerprint density at radius 2 is 1.95 bits per heavy atom. The van der Waals surface area contributed by atoms with Crippen LogP contribution in [0.4, 0.5) is 0 Å². The zero-order valence-electron chi connectivity index (χ0n) is 12.3. The average Bonchev–Trinajstić information content (AvgIpc) is 2.48. The second-order valence-electron chi connectivity index (χ2n) is 5.60. The molecule has 0 aromatic heterocycles. The van der Waals surface area contributed by atoms with Crippen LogP contribution in [-0.2, 0) is 11.3 Å². The number of methoxy groups -OCH3 is 1. The van der Waals surface area contributed by atoms with E-state index in [1.54, 1.807) is 12.0 Å². The Balaban J connectivity index is 1.95. The third kappa shape index (κ3) is 3.51. The summed E-state index contributed by atoms with van der Waals surface area (Å²) < 4.78 is 5.13. The molecule has 0 heterocycles. The zero-order chi connectivity index (χ0) is 14.5. The van der Waals surface area contributed by atoms with Gasteiger partial charge in [0.05, 0.1) is 13.0 Å². The van der Waals surface area contributed by atoms with Crippen molar-refractivity contribution in [3.63, 3.8) is 0 Å². The number of benzene rings is 1. The summed E-state index contributed by atoms with van der Waals surface area (Å²) in [6.45, 7) is 0.617. The highest BCUT2D eigenvalue weighted by molar-refractivity contribution is 5.79. The molecule has 2 rings (SSSR count). The molecule has 2 atom stereocenters. The molecule has 0 spiro atoms. The van der Waals surface area contributed by atoms with Gasteiger partial charge in [0.25, 0.3) is 0 Å². The minimum absolute atomic E-state index is 0.00741. The Kier molecular flexibility index (Phi) is 5.01. The first-order chi connectivity index (χ1) is 9.61. The van der Waals surface area contributed by atoms with Crippen LogP contribution in [0.5, 0.6) is 5.75 Å². The van der Waals surface area contributed by atoms with Gasteiger partial charge in [0.15, 0.2) is 0 Å². The monoisotopic (exact) mass is 276 g/mol. The van der Waals surface area contributed by atoms with Crippen molar-refractivity contribution in [1.82, 2.24) is 4.90 Å². The summed E-state index contributed by atoms with van der Waals surface area (Å²) in [6.07, 6.45) is 4.15. The predicted octanol–water partition coefficient (Wildman–Crippen LogP) is 2.17. The maximum atomic E-state index is 12.5. The van der Waals surface area contributed by atoms with Crippen molar-refractivity contribution in [2.75, 3.05) is 14.2 Å². The summed E-state index contributed by atoms with van der Waals surface area (Å²) in [7, 11) is 3.50. The van der Waals surface area contributed by atoms with E-state index in [4.69, 9.17) is 10.5 Å². The van der Waals surface area contributed by atoms with Crippen LogP contribution in [0.3, 0.4) is 0 Å². The van der Waals surface area contributed by atoms with Crippen LogP contribution >= 0.6 is 0 Å². The third-order valence-corrected chi connectivity index (χ3v) is 4.09. The summed E-state index contributed by atoms with van der Waals surface area (Å²) in [4.78, 5) is 14.2. The van der Waals surface area contributed by atoms with Crippen LogP contribution in [0, 0.1) is 5.92 Å². The first-order valence-electron chi connectivity index (χ1n) is 7.25. The van der Waals surface area contributed by atoms with Crippen LogP contribution < -0.4 is 10.5 Å². The maximum absolute atomic E-state index is 12.5. The van der Waals surface area contributed by atoms with E-state index in [2.05, 4.69) is 0 Å². The fourth-order valence-corrected chi connectivity index (χ4v) is 2.83. The van der Waals surface area contributed by atoms with Gasteiger partial charge < -0.3 is 15.4 Å². The van der Waals surface area contributed by atoms with Crippen molar-refractivity contribution >= 4 is 5.91 Å². The van der Waals surface area contributed by atoms with Gasteiger partial charge in [-0.15, -0.1) is 0 Å². The predicted molar refractivity (Wildman–Crippen MR) is 79.4 cm³/mol. The van der Waals surface area contributed by atoms with Gasteiger partial charge in [-0.25, -0.2) is 0 Å². The molecule has 1 aliphatic rings. The number of nitrogens with two attached hydrogens (primary N) is 1. The van der Waals surface area contributed by atoms with Crippen molar-refractivity contribution in [2.24, 2.45) is 11.7 Å². The summed E-state index contributed by atoms with van der Waals surface area (Å²) in [5.41, 5.74) is 7.19. The van der Waals surface area contributed by atoms with Gasteiger partial charge in [-0.3, -0.25) is 4.79 Å². The van der Waals surface area contributed by atoms with Crippen LogP contribution in [-0.4, -0.2) is 31.0 Å². The summed E-state index contributed by atoms with van der Waals surface area (Å²) in [5.74, 6) is 0.997. The fraction of sp³-hybridized carbons (Fsp3) is 0.562. The van der Waals surface area contributed by atoms with Gasteiger partial charge in [-0.2, -0.15) is 0 Å². The quantitative estimate of drug-likeness (QED) is 0.917. The molecular formula is C16H24N2O2. The van der Waals surface area contributed by atoms with Crippen molar-refractivity contribution in [1.29, 1.82) is 0 Å². The molecule has 0 bridgehead atoms. The zero-order valence-corrected chi connectivity index (χ0v) is 12.3. The largest absolute Gasteiger partial charge is 0.497 e. The normalized spacial score (nSPS) is 22.4. The van der Waals surface area contributed by atoms with E-state index >= 15 is 0 Å². The van der Waals surface area contributed by atoms with Gasteiger partial charge in [0, 0.05) is 19.6 Å². The Labute approximate surface area is 120 Å². The molecule has 4 heteroatoms. The van der Waals surface area contributed by atoms with Gasteiger partial charge in [-0.1, -0.05) is 25.0 Å². The highest BCUT2D eigenvalue weighted by Crippen LogP contribution is 2.25. The number of hydrogen-bond donors (Lipinski definition) is 1. The number of carbonyl (C=O) groups excluding carboxylic acids is 1. The van der Waals surface area contributed by atoms with Crippen LogP contribution in [0.2, 0.25) is 0 Å². The van der Waals surface area contributed by atoms with Gasteiger partial charge in [0.1, 0.15) is 5.75 Å². The Morgan fingerprint density at radius 1 is 1.30 bits per heavy atom. The summed E-state index contributed by atoms with van der Waals surface area (Å²) in [6, 6.07) is 7.84. The minimum Gasteiger partial charge on any atom is -0.497 e. The average molecular weight is 276 g/mol. The second-order valence-corrected chi connectivity index (χ2v) is 5.60. The van der Waals surface area contributed by atoms with E-state index in [1.165, 1.54) is 0 Å². The highest BCUT2D eigenvalue weighted by Gasteiger charge is 2.30. The highest BCUT2D eigenvalue weighted by atomic mass is 16.5. The lowest BCUT2D eigenvalue weighted by molar-refractivity contribution is -0.136. The molecule has 1 fully saturated rings. The molecule has 110 valence electrons. The number of carbonyl (C=O) groups is 1. The second kappa shape index (κ2) is 6.75. The molecule has 0 radical (unpaired) electrons. The topological polar surface area (TPSA) is 55.6 Å². The van der Waals surface area contributed by atoms with Gasteiger partial charge >= 0.3 is 0 Å². The molecule has 1 aromatic rings. The first kappa shape index (κ1) is 14.9. The van der Waals surface area contributed by atoms with E-state index in [0.717, 1.165) is 37.0 Å². The molecule has 0 saturated heterocycles. The number of rotatable bonds is 4. The van der Waals surface area contributed by atoms with Crippen molar-refractivity contribution in [2.45, 2.75) is 38.3 Å². The van der Waals surface area contributed by atoms with Crippen LogP contribution in [0.15, 0.2) is 24.3 Å². The van der Waals surface area contributed by atoms with Crippen LogP contribution in [0.25, 0.3) is 0 Å². The molecule has 0 aliphatic heterocycles. The maximum Gasteiger partial charge on any atom is 0.227 e. The number of ether oxygens (including phenoxy) is 1. The van der Waals surface area contributed by atoms with Crippen molar-refractivity contribution < 1.29 is 9.53 Å². The standard InChI is InChI=1S/C16H24N2O2/c1-18(11-12-7-9-13(20-2)10-8-12)16(19)14-5-3-4-6-15(14)17/h7-10,14-15H,3-6,11,17H2,1-2H3.